The van der Waals surface area contributed by atoms with Crippen LogP contribution in [-0.4, -0.2) is 26.2 Å². The minimum absolute atomic E-state index is 0. The van der Waals surface area contributed by atoms with Gasteiger partial charge in [0.25, 0.3) is 0 Å². The third-order valence-electron chi connectivity index (χ3n) is 1.65. The van der Waals surface area contributed by atoms with Crippen molar-refractivity contribution in [1.29, 1.82) is 0 Å². The number of rotatable bonds is 4. The average Bonchev–Trinajstić information content (AvgIpc) is 2.73. The van der Waals surface area contributed by atoms with Crippen molar-refractivity contribution in [3.8, 4) is 0 Å². The molecule has 0 aromatic rings. The molecule has 0 aromatic carbocycles. The number of halogens is 1. The molecule has 2 nitrogen and oxygen atoms in total. The van der Waals surface area contributed by atoms with E-state index in [2.05, 4.69) is 46.3 Å². The van der Waals surface area contributed by atoms with E-state index in [0.29, 0.717) is 0 Å². The fraction of sp³-hybridized carbons (Fsp3) is 0.692. The molecular weight excluding hydrogens is 271 g/mol. The van der Waals surface area contributed by atoms with Crippen molar-refractivity contribution in [3.05, 3.63) is 33.1 Å². The van der Waals surface area contributed by atoms with E-state index in [4.69, 9.17) is 0 Å². The molecule has 0 aliphatic heterocycles. The molecule has 0 amide bonds. The van der Waals surface area contributed by atoms with Crippen LogP contribution in [0.2, 0.25) is 0 Å². The molecule has 4 heteroatoms. The Balaban J connectivity index is -0.000000170. The molecule has 0 atom stereocenters. The quantitative estimate of drug-likeness (QED) is 0.745. The van der Waals surface area contributed by atoms with Crippen LogP contribution in [0.1, 0.15) is 34.1 Å². The van der Waals surface area contributed by atoms with E-state index in [-0.39, 0.29) is 12.4 Å². The van der Waals surface area contributed by atoms with Gasteiger partial charge in [-0.1, -0.05) is 27.7 Å². The Morgan fingerprint density at radius 2 is 1.41 bits per heavy atom. The number of hydrogen-bond donors (Lipinski definition) is 0. The number of nitrogens with zero attached hydrogens (tertiary/aromatic N) is 2. The van der Waals surface area contributed by atoms with Crippen molar-refractivity contribution in [1.82, 2.24) is 0 Å². The van der Waals surface area contributed by atoms with Crippen molar-refractivity contribution < 1.29 is 29.8 Å². The van der Waals surface area contributed by atoms with Crippen molar-refractivity contribution in [2.24, 2.45) is 0 Å². The van der Waals surface area contributed by atoms with Crippen LogP contribution in [0, 0.1) is 0 Å². The van der Waals surface area contributed by atoms with E-state index in [1.165, 1.54) is 4.28 Å². The third-order valence-corrected chi connectivity index (χ3v) is 2.16. The predicted molar refractivity (Wildman–Crippen MR) is 70.7 cm³/mol. The Labute approximate surface area is 123 Å². The van der Waals surface area contributed by atoms with Crippen molar-refractivity contribution >= 4 is 0 Å². The van der Waals surface area contributed by atoms with Gasteiger partial charge in [0, 0.05) is 0 Å². The second-order valence-corrected chi connectivity index (χ2v) is 3.90. The van der Waals surface area contributed by atoms with Gasteiger partial charge >= 0.3 is 46.4 Å². The summed E-state index contributed by atoms with van der Waals surface area (Å²) in [6, 6.07) is 0. The predicted octanol–water partition coefficient (Wildman–Crippen LogP) is 1.18. The molecule has 17 heavy (non-hydrogen) atoms. The second kappa shape index (κ2) is 21.5. The molecular formula is C13H25ClN2V. The Kier molecular flexibility index (Phi) is 28.5. The molecule has 0 heterocycles. The summed E-state index contributed by atoms with van der Waals surface area (Å²) in [5, 5.41) is 7.94. The zero-order chi connectivity index (χ0) is 12.6. The summed E-state index contributed by atoms with van der Waals surface area (Å²) in [6.07, 6.45) is 7.47. The van der Waals surface area contributed by atoms with Crippen LogP contribution in [0.5, 0.6) is 0 Å². The van der Waals surface area contributed by atoms with Crippen LogP contribution in [0.25, 0.3) is 10.6 Å². The SMILES string of the molecule is CC[N-]CC.CC[N-]CC.[Cl-].[V+3][C]1=CC=CC1. The van der Waals surface area contributed by atoms with Crippen LogP contribution < -0.4 is 12.4 Å². The molecule has 0 saturated carbocycles. The van der Waals surface area contributed by atoms with Crippen LogP contribution in [0.4, 0.5) is 0 Å². The summed E-state index contributed by atoms with van der Waals surface area (Å²) in [6.45, 7) is 12.1. The molecule has 99 valence electrons. The number of allylic oxidation sites excluding steroid dienone is 4. The van der Waals surface area contributed by atoms with Gasteiger partial charge in [0.2, 0.25) is 0 Å². The summed E-state index contributed by atoms with van der Waals surface area (Å²) in [4.78, 5) is 0. The van der Waals surface area contributed by atoms with Gasteiger partial charge in [-0.15, -0.1) is 0 Å². The Morgan fingerprint density at radius 3 is 1.47 bits per heavy atom. The molecule has 0 aromatic heterocycles. The van der Waals surface area contributed by atoms with Crippen molar-refractivity contribution in [2.75, 3.05) is 26.2 Å². The molecule has 1 aliphatic carbocycles. The first-order chi connectivity index (χ1) is 7.72. The molecule has 0 N–H and O–H groups in total. The maximum absolute atomic E-state index is 3.97. The molecule has 0 spiro atoms. The molecule has 0 saturated heterocycles. The molecule has 0 unspecified atom stereocenters. The molecule has 0 fully saturated rings. The first-order valence-electron chi connectivity index (χ1n) is 6.03. The summed E-state index contributed by atoms with van der Waals surface area (Å²) in [7, 11) is 0. The summed E-state index contributed by atoms with van der Waals surface area (Å²) in [5.41, 5.74) is 0. The van der Waals surface area contributed by atoms with E-state index >= 15 is 0 Å². The van der Waals surface area contributed by atoms with E-state index in [1.54, 1.807) is 0 Å². The average molecular weight is 296 g/mol. The topological polar surface area (TPSA) is 28.2 Å². The fourth-order valence-electron chi connectivity index (χ4n) is 0.883. The minimum atomic E-state index is 0. The normalized spacial score (nSPS) is 11.5. The first kappa shape index (κ1) is 22.5. The van der Waals surface area contributed by atoms with E-state index < -0.39 is 0 Å². The monoisotopic (exact) mass is 295 g/mol. The van der Waals surface area contributed by atoms with Crippen LogP contribution >= 0.6 is 0 Å². The van der Waals surface area contributed by atoms with Gasteiger partial charge in [-0.2, -0.15) is 26.2 Å². The van der Waals surface area contributed by atoms with Crippen molar-refractivity contribution in [2.45, 2.75) is 34.1 Å². The van der Waals surface area contributed by atoms with Gasteiger partial charge in [-0.3, -0.25) is 0 Å². The fourth-order valence-corrected chi connectivity index (χ4v) is 1.18. The van der Waals surface area contributed by atoms with Gasteiger partial charge in [0.1, 0.15) is 0 Å². The van der Waals surface area contributed by atoms with Gasteiger partial charge in [-0.05, 0) is 0 Å². The first-order valence-corrected chi connectivity index (χ1v) is 6.73. The Hall–Kier alpha value is 0.274. The third kappa shape index (κ3) is 26.1. The zero-order valence-corrected chi connectivity index (χ0v) is 13.6. The summed E-state index contributed by atoms with van der Waals surface area (Å²) >= 11 is 2.54. The maximum atomic E-state index is 3.97. The van der Waals surface area contributed by atoms with Gasteiger partial charge < -0.3 is 23.0 Å². The second-order valence-electron chi connectivity index (χ2n) is 3.00. The summed E-state index contributed by atoms with van der Waals surface area (Å²) in [5.74, 6) is 0. The zero-order valence-electron chi connectivity index (χ0n) is 11.5. The van der Waals surface area contributed by atoms with E-state index in [9.17, 15) is 0 Å². The van der Waals surface area contributed by atoms with Gasteiger partial charge in [-0.25, -0.2) is 0 Å². The Bertz CT molecular complexity index is 172. The van der Waals surface area contributed by atoms with Crippen molar-refractivity contribution in [3.63, 3.8) is 0 Å². The standard InChI is InChI=1S/C5H5.2C4H10N.ClH.V/c1-2-4-5-3-1;2*1-3-5-4-2;;/h1-3H,4H2;2*3-4H2,1-2H3;1H;/q;2*-1;;+3/p-1. The van der Waals surface area contributed by atoms with E-state index in [0.717, 1.165) is 32.6 Å². The summed E-state index contributed by atoms with van der Waals surface area (Å²) < 4.78 is 1.41. The Morgan fingerprint density at radius 1 is 1.00 bits per heavy atom. The van der Waals surface area contributed by atoms with Crippen LogP contribution in [0.3, 0.4) is 0 Å². The van der Waals surface area contributed by atoms with Gasteiger partial charge in [0.15, 0.2) is 0 Å². The van der Waals surface area contributed by atoms with E-state index in [1.807, 2.05) is 27.7 Å². The molecule has 0 bridgehead atoms. The van der Waals surface area contributed by atoms with Gasteiger partial charge in [0.05, 0.1) is 0 Å². The van der Waals surface area contributed by atoms with Crippen LogP contribution in [-0.2, 0) is 17.4 Å². The molecule has 1 aliphatic rings. The molecule has 0 radical (unpaired) electrons. The van der Waals surface area contributed by atoms with Crippen LogP contribution in [0.15, 0.2) is 22.5 Å². The molecule has 1 rings (SSSR count). The number of hydrogen-bond acceptors (Lipinski definition) is 0.